The molecule has 0 aliphatic heterocycles. The number of sulfonamides is 1. The second-order valence-electron chi connectivity index (χ2n) is 3.33. The lowest BCUT2D eigenvalue weighted by molar-refractivity contribution is -0.332. The number of ether oxygens (including phenoxy) is 1. The summed E-state index contributed by atoms with van der Waals surface area (Å²) in [7, 11) is -4.99. The lowest BCUT2D eigenvalue weighted by Crippen LogP contribution is -2.59. The Labute approximate surface area is 104 Å². The molecule has 4 nitrogen and oxygen atoms in total. The number of hydrogen-bond donors (Lipinski definition) is 1. The van der Waals surface area contributed by atoms with Crippen LogP contribution < -0.4 is 4.72 Å². The fourth-order valence-electron chi connectivity index (χ4n) is 0.847. The van der Waals surface area contributed by atoms with Crippen molar-refractivity contribution in [2.75, 3.05) is 20.3 Å². The molecular formula is C7H10F7NO3S. The van der Waals surface area contributed by atoms with Crippen LogP contribution in [0.25, 0.3) is 0 Å². The van der Waals surface area contributed by atoms with Gasteiger partial charge in [-0.3, -0.25) is 0 Å². The van der Waals surface area contributed by atoms with Gasteiger partial charge in [0.1, 0.15) is 0 Å². The fraction of sp³-hybridized carbons (Fsp3) is 1.00. The van der Waals surface area contributed by atoms with Gasteiger partial charge in [0.2, 0.25) is 0 Å². The third kappa shape index (κ3) is 3.69. The van der Waals surface area contributed by atoms with Crippen molar-refractivity contribution in [2.24, 2.45) is 0 Å². The zero-order valence-corrected chi connectivity index (χ0v) is 10.2. The molecule has 0 spiro atoms. The van der Waals surface area contributed by atoms with Crippen LogP contribution in [0.1, 0.15) is 6.42 Å². The van der Waals surface area contributed by atoms with Crippen molar-refractivity contribution in [3.8, 4) is 0 Å². The Kier molecular flexibility index (Phi) is 5.60. The highest BCUT2D eigenvalue weighted by Crippen LogP contribution is 2.48. The average Bonchev–Trinajstić information content (AvgIpc) is 2.22. The van der Waals surface area contributed by atoms with Crippen molar-refractivity contribution in [3.05, 3.63) is 0 Å². The molecule has 0 radical (unpaired) electrons. The normalized spacial score (nSPS) is 14.7. The van der Waals surface area contributed by atoms with E-state index in [1.807, 2.05) is 0 Å². The zero-order valence-electron chi connectivity index (χ0n) is 9.40. The van der Waals surface area contributed by atoms with Gasteiger partial charge < -0.3 is 4.74 Å². The van der Waals surface area contributed by atoms with Gasteiger partial charge in [-0.25, -0.2) is 13.1 Å². The predicted octanol–water partition coefficient (Wildman–Crippen LogP) is 1.73. The van der Waals surface area contributed by atoms with E-state index in [0.29, 0.717) is 0 Å². The van der Waals surface area contributed by atoms with Crippen molar-refractivity contribution in [2.45, 2.75) is 23.8 Å². The predicted molar refractivity (Wildman–Crippen MR) is 49.4 cm³/mol. The molecule has 0 unspecified atom stereocenters. The molecule has 1 N–H and O–H groups in total. The topological polar surface area (TPSA) is 55.4 Å². The zero-order chi connectivity index (χ0) is 15.5. The molecule has 0 saturated heterocycles. The van der Waals surface area contributed by atoms with E-state index in [1.54, 1.807) is 0 Å². The Morgan fingerprint density at radius 1 is 1.05 bits per heavy atom. The van der Waals surface area contributed by atoms with Crippen LogP contribution in [0.4, 0.5) is 30.7 Å². The summed E-state index contributed by atoms with van der Waals surface area (Å²) in [6.07, 6.45) is -6.87. The first-order valence-corrected chi connectivity index (χ1v) is 6.10. The first kappa shape index (κ1) is 18.4. The standard InChI is InChI=1S/C7H10F7NO3S/c1-18-4-2-3-15-19(16,17)7(13,14)5(8,9)6(10,11)12/h15H,2-4H2,1H3. The van der Waals surface area contributed by atoms with E-state index in [0.717, 1.165) is 4.72 Å². The Balaban J connectivity index is 5.08. The molecule has 12 heteroatoms. The second-order valence-corrected chi connectivity index (χ2v) is 5.14. The molecule has 0 heterocycles. The molecule has 0 atom stereocenters. The first-order valence-electron chi connectivity index (χ1n) is 4.61. The van der Waals surface area contributed by atoms with E-state index < -0.39 is 33.9 Å². The maximum atomic E-state index is 12.8. The molecule has 0 bridgehead atoms. The van der Waals surface area contributed by atoms with E-state index in [9.17, 15) is 39.2 Å². The van der Waals surface area contributed by atoms with Gasteiger partial charge in [0, 0.05) is 20.3 Å². The van der Waals surface area contributed by atoms with Crippen LogP contribution >= 0.6 is 0 Å². The van der Waals surface area contributed by atoms with E-state index in [-0.39, 0.29) is 13.0 Å². The largest absolute Gasteiger partial charge is 0.461 e. The molecule has 19 heavy (non-hydrogen) atoms. The van der Waals surface area contributed by atoms with Crippen LogP contribution in [-0.2, 0) is 14.8 Å². The first-order chi connectivity index (χ1) is 8.31. The van der Waals surface area contributed by atoms with Crippen LogP contribution in [-0.4, -0.2) is 46.0 Å². The average molecular weight is 321 g/mol. The minimum Gasteiger partial charge on any atom is -0.385 e. The molecule has 116 valence electrons. The van der Waals surface area contributed by atoms with Crippen LogP contribution in [0.5, 0.6) is 0 Å². The Bertz CT molecular complexity index is 392. The highest BCUT2D eigenvalue weighted by atomic mass is 32.2. The molecule has 0 saturated carbocycles. The van der Waals surface area contributed by atoms with Gasteiger partial charge in [-0.15, -0.1) is 0 Å². The number of methoxy groups -OCH3 is 1. The Hall–Kier alpha value is -0.620. The summed E-state index contributed by atoms with van der Waals surface area (Å²) in [5.41, 5.74) is 0. The van der Waals surface area contributed by atoms with Gasteiger partial charge in [-0.2, -0.15) is 30.7 Å². The summed E-state index contributed by atoms with van der Waals surface area (Å²) in [5, 5.41) is -6.31. The summed E-state index contributed by atoms with van der Waals surface area (Å²) in [6.45, 7) is -0.858. The van der Waals surface area contributed by atoms with Gasteiger partial charge in [0.25, 0.3) is 10.0 Å². The minimum atomic E-state index is -6.70. The Morgan fingerprint density at radius 2 is 1.53 bits per heavy atom. The van der Waals surface area contributed by atoms with Crippen molar-refractivity contribution in [3.63, 3.8) is 0 Å². The molecular weight excluding hydrogens is 311 g/mol. The van der Waals surface area contributed by atoms with Gasteiger partial charge in [0.05, 0.1) is 0 Å². The number of nitrogens with one attached hydrogen (secondary N) is 1. The second kappa shape index (κ2) is 5.79. The third-order valence-corrected chi connectivity index (χ3v) is 3.39. The molecule has 0 aromatic carbocycles. The molecule has 0 aliphatic carbocycles. The summed E-state index contributed by atoms with van der Waals surface area (Å²) in [6, 6.07) is 0. The summed E-state index contributed by atoms with van der Waals surface area (Å²) in [5.74, 6) is -6.70. The highest BCUT2D eigenvalue weighted by molar-refractivity contribution is 7.90. The molecule has 0 amide bonds. The van der Waals surface area contributed by atoms with E-state index in [2.05, 4.69) is 4.74 Å². The summed E-state index contributed by atoms with van der Waals surface area (Å²) < 4.78 is 113. The van der Waals surface area contributed by atoms with Gasteiger partial charge in [-0.05, 0) is 6.42 Å². The molecule has 0 rings (SSSR count). The summed E-state index contributed by atoms with van der Waals surface area (Å²) >= 11 is 0. The smallest absolute Gasteiger partial charge is 0.385 e. The number of rotatable bonds is 7. The molecule has 0 fully saturated rings. The van der Waals surface area contributed by atoms with E-state index in [4.69, 9.17) is 0 Å². The minimum absolute atomic E-state index is 0.0935. The van der Waals surface area contributed by atoms with Gasteiger partial charge >= 0.3 is 17.4 Å². The quantitative estimate of drug-likeness (QED) is 0.574. The van der Waals surface area contributed by atoms with Crippen LogP contribution in [0.15, 0.2) is 0 Å². The molecule has 0 aliphatic rings. The SMILES string of the molecule is COCCCNS(=O)(=O)C(F)(F)C(F)(F)C(F)(F)F. The third-order valence-electron chi connectivity index (χ3n) is 1.88. The maximum Gasteiger partial charge on any atom is 0.461 e. The van der Waals surface area contributed by atoms with Crippen LogP contribution in [0.2, 0.25) is 0 Å². The fourth-order valence-corrected chi connectivity index (χ4v) is 1.90. The lowest BCUT2D eigenvalue weighted by atomic mass is 10.3. The van der Waals surface area contributed by atoms with Crippen LogP contribution in [0, 0.1) is 0 Å². The van der Waals surface area contributed by atoms with Gasteiger partial charge in [0.15, 0.2) is 0 Å². The Morgan fingerprint density at radius 3 is 1.89 bits per heavy atom. The van der Waals surface area contributed by atoms with Crippen molar-refractivity contribution < 1.29 is 43.9 Å². The number of hydrogen-bond acceptors (Lipinski definition) is 3. The van der Waals surface area contributed by atoms with E-state index >= 15 is 0 Å². The van der Waals surface area contributed by atoms with Crippen molar-refractivity contribution in [1.82, 2.24) is 4.72 Å². The lowest BCUT2D eigenvalue weighted by Gasteiger charge is -2.27. The van der Waals surface area contributed by atoms with Crippen molar-refractivity contribution in [1.29, 1.82) is 0 Å². The monoisotopic (exact) mass is 321 g/mol. The van der Waals surface area contributed by atoms with E-state index in [1.165, 1.54) is 7.11 Å². The van der Waals surface area contributed by atoms with Crippen LogP contribution in [0.3, 0.4) is 0 Å². The highest BCUT2D eigenvalue weighted by Gasteiger charge is 2.78. The number of alkyl halides is 7. The molecule has 0 aromatic heterocycles. The number of halogens is 7. The maximum absolute atomic E-state index is 12.8. The molecule has 0 aromatic rings. The van der Waals surface area contributed by atoms with Gasteiger partial charge in [-0.1, -0.05) is 0 Å². The van der Waals surface area contributed by atoms with Crippen molar-refractivity contribution >= 4 is 10.0 Å². The summed E-state index contributed by atoms with van der Waals surface area (Å²) in [4.78, 5) is 0.